The van der Waals surface area contributed by atoms with Crippen LogP contribution in [-0.4, -0.2) is 24.3 Å². The molecule has 1 aliphatic carbocycles. The molecule has 7 heteroatoms. The molecule has 0 atom stereocenters. The largest absolute Gasteiger partial charge is 0.368 e. The van der Waals surface area contributed by atoms with Crippen molar-refractivity contribution in [2.45, 2.75) is 37.6 Å². The summed E-state index contributed by atoms with van der Waals surface area (Å²) in [5.74, 6) is -0.913. The molecule has 1 aliphatic rings. The van der Waals surface area contributed by atoms with E-state index in [-0.39, 0.29) is 18.4 Å². The Morgan fingerprint density at radius 1 is 0.931 bits per heavy atom. The molecule has 152 valence electrons. The maximum atomic E-state index is 13.1. The smallest absolute Gasteiger partial charge is 0.251 e. The van der Waals surface area contributed by atoms with Gasteiger partial charge >= 0.3 is 0 Å². The number of halogens is 1. The van der Waals surface area contributed by atoms with Gasteiger partial charge in [0, 0.05) is 16.6 Å². The number of rotatable bonds is 7. The molecule has 0 unspecified atom stereocenters. The summed E-state index contributed by atoms with van der Waals surface area (Å²) in [6, 6.07) is 14.9. The van der Waals surface area contributed by atoms with E-state index in [2.05, 4.69) is 26.6 Å². The Morgan fingerprint density at radius 2 is 1.55 bits per heavy atom. The van der Waals surface area contributed by atoms with Crippen LogP contribution >= 0.6 is 15.9 Å². The zero-order valence-corrected chi connectivity index (χ0v) is 17.6. The van der Waals surface area contributed by atoms with Crippen LogP contribution in [-0.2, 0) is 21.5 Å². The van der Waals surface area contributed by atoms with Gasteiger partial charge in [-0.25, -0.2) is 0 Å². The molecule has 2 aromatic carbocycles. The molecule has 0 bridgehead atoms. The molecule has 0 heterocycles. The van der Waals surface area contributed by atoms with E-state index in [1.165, 1.54) is 0 Å². The van der Waals surface area contributed by atoms with Crippen molar-refractivity contribution in [2.75, 3.05) is 6.54 Å². The van der Waals surface area contributed by atoms with Crippen LogP contribution in [0.5, 0.6) is 0 Å². The van der Waals surface area contributed by atoms with Gasteiger partial charge in [-0.05, 0) is 48.2 Å². The Labute approximate surface area is 178 Å². The fourth-order valence-corrected chi connectivity index (χ4v) is 4.05. The van der Waals surface area contributed by atoms with Gasteiger partial charge in [-0.2, -0.15) is 0 Å². The quantitative estimate of drug-likeness (QED) is 0.595. The van der Waals surface area contributed by atoms with Crippen LogP contribution < -0.4 is 16.4 Å². The highest BCUT2D eigenvalue weighted by molar-refractivity contribution is 9.10. The van der Waals surface area contributed by atoms with Gasteiger partial charge in [-0.3, -0.25) is 14.4 Å². The Balaban J connectivity index is 1.64. The van der Waals surface area contributed by atoms with Crippen molar-refractivity contribution < 1.29 is 14.4 Å². The summed E-state index contributed by atoms with van der Waals surface area (Å²) < 4.78 is 0.995. The van der Waals surface area contributed by atoms with Crippen molar-refractivity contribution in [1.29, 1.82) is 0 Å². The first kappa shape index (κ1) is 21.0. The van der Waals surface area contributed by atoms with Crippen molar-refractivity contribution in [1.82, 2.24) is 10.6 Å². The zero-order chi connectivity index (χ0) is 20.9. The lowest BCUT2D eigenvalue weighted by Crippen LogP contribution is -2.42. The molecule has 0 aromatic heterocycles. The lowest BCUT2D eigenvalue weighted by Gasteiger charge is -2.28. The van der Waals surface area contributed by atoms with E-state index in [9.17, 15) is 14.4 Å². The molecule has 4 N–H and O–H groups in total. The molecule has 1 fully saturated rings. The van der Waals surface area contributed by atoms with Gasteiger partial charge in [0.1, 0.15) is 0 Å². The van der Waals surface area contributed by atoms with Crippen molar-refractivity contribution >= 4 is 33.7 Å². The monoisotopic (exact) mass is 457 g/mol. The first-order valence-corrected chi connectivity index (χ1v) is 10.4. The van der Waals surface area contributed by atoms with Crippen LogP contribution in [0.4, 0.5) is 0 Å². The molecule has 6 nitrogen and oxygen atoms in total. The molecule has 0 radical (unpaired) electrons. The highest BCUT2D eigenvalue weighted by Gasteiger charge is 2.42. The first-order chi connectivity index (χ1) is 13.9. The number of hydrogen-bond donors (Lipinski definition) is 3. The third-order valence-corrected chi connectivity index (χ3v) is 5.91. The minimum atomic E-state index is -0.593. The third kappa shape index (κ3) is 5.03. The van der Waals surface area contributed by atoms with Crippen LogP contribution in [0.3, 0.4) is 0 Å². The maximum Gasteiger partial charge on any atom is 0.251 e. The minimum Gasteiger partial charge on any atom is -0.368 e. The highest BCUT2D eigenvalue weighted by Crippen LogP contribution is 2.41. The predicted molar refractivity (Wildman–Crippen MR) is 114 cm³/mol. The first-order valence-electron chi connectivity index (χ1n) is 9.60. The van der Waals surface area contributed by atoms with E-state index in [0.29, 0.717) is 12.1 Å². The fourth-order valence-electron chi connectivity index (χ4n) is 3.79. The van der Waals surface area contributed by atoms with Crippen LogP contribution in [0, 0.1) is 0 Å². The molecule has 2 aromatic rings. The van der Waals surface area contributed by atoms with Gasteiger partial charge in [-0.1, -0.05) is 53.0 Å². The number of nitrogens with one attached hydrogen (secondary N) is 2. The summed E-state index contributed by atoms with van der Waals surface area (Å²) in [5.41, 5.74) is 6.93. The van der Waals surface area contributed by atoms with E-state index in [1.807, 2.05) is 24.3 Å². The van der Waals surface area contributed by atoms with Crippen molar-refractivity contribution in [3.63, 3.8) is 0 Å². The van der Waals surface area contributed by atoms with Crippen LogP contribution in [0.2, 0.25) is 0 Å². The number of primary amides is 1. The Morgan fingerprint density at radius 3 is 2.14 bits per heavy atom. The van der Waals surface area contributed by atoms with Crippen molar-refractivity contribution in [3.05, 3.63) is 69.7 Å². The lowest BCUT2D eigenvalue weighted by atomic mass is 9.78. The SMILES string of the molecule is NC(=O)CNC(=O)c1ccc(CNC(=O)C2(c3ccc(Br)cc3)CCCC2)cc1. The second-order valence-electron chi connectivity index (χ2n) is 7.32. The van der Waals surface area contributed by atoms with Crippen molar-refractivity contribution in [2.24, 2.45) is 5.73 Å². The van der Waals surface area contributed by atoms with E-state index in [0.717, 1.165) is 41.3 Å². The van der Waals surface area contributed by atoms with E-state index >= 15 is 0 Å². The van der Waals surface area contributed by atoms with Gasteiger partial charge < -0.3 is 16.4 Å². The summed E-state index contributed by atoms with van der Waals surface area (Å²) in [7, 11) is 0. The maximum absolute atomic E-state index is 13.1. The number of amides is 3. The van der Waals surface area contributed by atoms with Gasteiger partial charge in [-0.15, -0.1) is 0 Å². The predicted octanol–water partition coefficient (Wildman–Crippen LogP) is 2.79. The summed E-state index contributed by atoms with van der Waals surface area (Å²) >= 11 is 3.45. The zero-order valence-electron chi connectivity index (χ0n) is 16.0. The third-order valence-electron chi connectivity index (χ3n) is 5.38. The second kappa shape index (κ2) is 9.22. The van der Waals surface area contributed by atoms with Crippen LogP contribution in [0.1, 0.15) is 47.2 Å². The molecule has 3 rings (SSSR count). The molecular formula is C22H24BrN3O3. The second-order valence-corrected chi connectivity index (χ2v) is 8.24. The summed E-state index contributed by atoms with van der Waals surface area (Å²) in [4.78, 5) is 35.8. The number of benzene rings is 2. The number of carbonyl (C=O) groups is 3. The van der Waals surface area contributed by atoms with Crippen molar-refractivity contribution in [3.8, 4) is 0 Å². The minimum absolute atomic E-state index is 0.0422. The molecule has 1 saturated carbocycles. The standard InChI is InChI=1S/C22H24BrN3O3/c23-18-9-7-17(8-10-18)22(11-1-2-12-22)21(29)26-13-15-3-5-16(6-4-15)20(28)25-14-19(24)27/h3-10H,1-2,11-14H2,(H2,24,27)(H,25,28)(H,26,29). The average Bonchev–Trinajstić information content (AvgIpc) is 3.22. The van der Waals surface area contributed by atoms with Gasteiger partial charge in [0.2, 0.25) is 11.8 Å². The van der Waals surface area contributed by atoms with Gasteiger partial charge in [0.05, 0.1) is 12.0 Å². The molecule has 0 saturated heterocycles. The highest BCUT2D eigenvalue weighted by atomic mass is 79.9. The Hall–Kier alpha value is -2.67. The summed E-state index contributed by atoms with van der Waals surface area (Å²) in [5, 5.41) is 5.52. The van der Waals surface area contributed by atoms with Gasteiger partial charge in [0.25, 0.3) is 5.91 Å². The molecule has 0 spiro atoms. The number of nitrogens with two attached hydrogens (primary N) is 1. The topological polar surface area (TPSA) is 101 Å². The van der Waals surface area contributed by atoms with E-state index < -0.39 is 11.3 Å². The molecule has 0 aliphatic heterocycles. The van der Waals surface area contributed by atoms with Crippen LogP contribution in [0.15, 0.2) is 53.0 Å². The Kier molecular flexibility index (Phi) is 6.69. The Bertz CT molecular complexity index is 889. The van der Waals surface area contributed by atoms with Crippen LogP contribution in [0.25, 0.3) is 0 Å². The van der Waals surface area contributed by atoms with E-state index in [1.54, 1.807) is 24.3 Å². The number of hydrogen-bond acceptors (Lipinski definition) is 3. The number of carbonyl (C=O) groups excluding carboxylic acids is 3. The lowest BCUT2D eigenvalue weighted by molar-refractivity contribution is -0.126. The molecule has 29 heavy (non-hydrogen) atoms. The molecule has 3 amide bonds. The average molecular weight is 458 g/mol. The molecular weight excluding hydrogens is 434 g/mol. The van der Waals surface area contributed by atoms with E-state index in [4.69, 9.17) is 5.73 Å². The normalized spacial score (nSPS) is 14.9. The summed E-state index contributed by atoms with van der Waals surface area (Å²) in [6.07, 6.45) is 3.77. The summed E-state index contributed by atoms with van der Waals surface area (Å²) in [6.45, 7) is 0.190. The fraction of sp³-hybridized carbons (Fsp3) is 0.318. The van der Waals surface area contributed by atoms with Gasteiger partial charge in [0.15, 0.2) is 0 Å².